The minimum absolute atomic E-state index is 1.08. The molecule has 510 valence electrons. The highest BCUT2D eigenvalue weighted by Gasteiger charge is 2.43. The molecule has 0 unspecified atom stereocenters. The predicted octanol–water partition coefficient (Wildman–Crippen LogP) is 20.6. The van der Waals surface area contributed by atoms with Gasteiger partial charge in [-0.2, -0.15) is 0 Å². The first kappa shape index (κ1) is 65.2. The van der Waals surface area contributed by atoms with Crippen molar-refractivity contribution in [2.24, 2.45) is 0 Å². The van der Waals surface area contributed by atoms with Gasteiger partial charge in [0.05, 0.1) is 33.1 Å². The Morgan fingerprint density at radius 1 is 0.148 bits per heavy atom. The zero-order valence-electron chi connectivity index (χ0n) is 59.5. The first-order valence-corrected chi connectivity index (χ1v) is 41.2. The second-order valence-electron chi connectivity index (χ2n) is 27.8. The topological polar surface area (TPSA) is 18.0 Å². The molecule has 0 radical (unpaired) electrons. The highest BCUT2D eigenvalue weighted by atomic mass is 28.3. The molecule has 3 aromatic heterocycles. The van der Waals surface area contributed by atoms with Gasteiger partial charge >= 0.3 is 0 Å². The van der Waals surface area contributed by atoms with E-state index in [0.717, 1.165) is 34.1 Å². The molecule has 0 atom stereocenters. The number of hydrogen-bond acceptors (Lipinski definition) is 1. The molecule has 0 saturated heterocycles. The van der Waals surface area contributed by atoms with Crippen molar-refractivity contribution in [2.45, 2.75) is 0 Å². The monoisotopic (exact) mass is 1410 g/mol. The summed E-state index contributed by atoms with van der Waals surface area (Å²) in [5.74, 6) is 0. The number of hydrogen-bond donors (Lipinski definition) is 0. The normalized spacial score (nSPS) is 11.7. The van der Waals surface area contributed by atoms with Gasteiger partial charge in [-0.15, -0.1) is 0 Å². The summed E-state index contributed by atoms with van der Waals surface area (Å²) in [4.78, 5) is 2.36. The van der Waals surface area contributed by atoms with Crippen LogP contribution >= 0.6 is 0 Å². The molecule has 4 nitrogen and oxygen atoms in total. The van der Waals surface area contributed by atoms with Crippen molar-refractivity contribution in [2.75, 3.05) is 4.90 Å². The number of nitrogens with zero attached hydrogens (tertiary/aromatic N) is 4. The zero-order chi connectivity index (χ0) is 71.8. The second-order valence-corrected chi connectivity index (χ2v) is 35.5. The summed E-state index contributed by atoms with van der Waals surface area (Å²) in [6, 6.07) is 165. The highest BCUT2D eigenvalue weighted by molar-refractivity contribution is 7.20. The molecule has 3 heterocycles. The first-order valence-electron chi connectivity index (χ1n) is 37.2. The molecular formula is C102H74N4Si2. The fraction of sp³-hybridized carbons (Fsp3) is 0. The molecule has 0 aliphatic heterocycles. The molecule has 0 aliphatic carbocycles. The van der Waals surface area contributed by atoms with Crippen LogP contribution in [-0.4, -0.2) is 29.8 Å². The minimum atomic E-state index is -2.56. The molecule has 0 saturated carbocycles. The van der Waals surface area contributed by atoms with E-state index in [9.17, 15) is 0 Å². The van der Waals surface area contributed by atoms with E-state index in [1.807, 2.05) is 0 Å². The van der Waals surface area contributed by atoms with E-state index in [0.29, 0.717) is 0 Å². The van der Waals surface area contributed by atoms with Crippen molar-refractivity contribution < 1.29 is 0 Å². The Morgan fingerprint density at radius 3 is 0.509 bits per heavy atom. The summed E-state index contributed by atoms with van der Waals surface area (Å²) >= 11 is 0. The van der Waals surface area contributed by atoms with E-state index in [-0.39, 0.29) is 0 Å². The fourth-order valence-corrected chi connectivity index (χ4v) is 26.7. The van der Waals surface area contributed by atoms with Crippen LogP contribution in [0.25, 0.3) is 93.6 Å². The maximum Gasteiger partial charge on any atom is 0.179 e. The number of anilines is 3. The van der Waals surface area contributed by atoms with Gasteiger partial charge in [0.2, 0.25) is 0 Å². The van der Waals surface area contributed by atoms with Crippen molar-refractivity contribution in [3.8, 4) is 28.2 Å². The molecule has 20 aromatic rings. The zero-order valence-corrected chi connectivity index (χ0v) is 61.5. The summed E-state index contributed by atoms with van der Waals surface area (Å²) < 4.78 is 7.12. The molecule has 0 aliphatic rings. The molecule has 0 fully saturated rings. The Kier molecular flexibility index (Phi) is 17.0. The first-order chi connectivity index (χ1) is 53.6. The summed E-state index contributed by atoms with van der Waals surface area (Å²) in [7, 11) is -5.13. The van der Waals surface area contributed by atoms with Crippen LogP contribution in [0, 0.1) is 0 Å². The summed E-state index contributed by atoms with van der Waals surface area (Å²) in [5, 5.41) is 18.6. The molecule has 108 heavy (non-hydrogen) atoms. The highest BCUT2D eigenvalue weighted by Crippen LogP contribution is 2.41. The molecule has 0 amide bonds. The van der Waals surface area contributed by atoms with Crippen molar-refractivity contribution in [1.82, 2.24) is 13.7 Å². The summed E-state index contributed by atoms with van der Waals surface area (Å²) in [6.45, 7) is 0. The Morgan fingerprint density at radius 2 is 0.315 bits per heavy atom. The average Bonchev–Trinajstić information content (AvgIpc) is 1.41. The van der Waals surface area contributed by atoms with Gasteiger partial charge in [-0.3, -0.25) is 0 Å². The minimum Gasteiger partial charge on any atom is -0.310 e. The lowest BCUT2D eigenvalue weighted by atomic mass is 10.1. The number of rotatable bonds is 15. The number of aromatic nitrogens is 3. The van der Waals surface area contributed by atoms with Crippen molar-refractivity contribution >= 4 is 140 Å². The number of benzene rings is 17. The van der Waals surface area contributed by atoms with E-state index >= 15 is 0 Å². The van der Waals surface area contributed by atoms with Gasteiger partial charge in [0.1, 0.15) is 0 Å². The standard InChI is InChI=1S/C54H36N4.C48H38Si2/c1-7-19-49-43(13-1)44-14-2-8-20-50(44)56(49)40-31-25-37(26-32-40)55(38-27-33-41(34-28-38)57-51-21-9-3-15-45(51)46-16-4-10-22-52(46)57)39-29-35-42(36-30-39)58-53-23-11-5-17-47(53)48-18-6-12-24-54(48)58;1-7-19-41(20-8-1)49(42-21-9-2-10-22-42,43-23-11-3-12-24-43)47-35-31-39(32-36-47)40-33-37-48(38-34-40)50(44-25-13-4-14-26-44,45-27-15-5-16-28-45)46-29-17-6-18-30-46/h1-36H;1-38H. The Hall–Kier alpha value is -13.6. The van der Waals surface area contributed by atoms with E-state index in [1.165, 1.54) is 118 Å². The van der Waals surface area contributed by atoms with E-state index in [1.54, 1.807) is 0 Å². The number of para-hydroxylation sites is 6. The summed E-state index contributed by atoms with van der Waals surface area (Å²) in [6.07, 6.45) is 0. The largest absolute Gasteiger partial charge is 0.310 e. The Labute approximate surface area is 631 Å². The third-order valence-corrected chi connectivity index (χ3v) is 31.6. The van der Waals surface area contributed by atoms with Crippen LogP contribution in [0.5, 0.6) is 0 Å². The fourth-order valence-electron chi connectivity index (χ4n) is 17.3. The van der Waals surface area contributed by atoms with Crippen LogP contribution < -0.4 is 46.4 Å². The van der Waals surface area contributed by atoms with Gasteiger partial charge in [0.25, 0.3) is 0 Å². The van der Waals surface area contributed by atoms with Gasteiger partial charge in [-0.25, -0.2) is 0 Å². The lowest BCUT2D eigenvalue weighted by Gasteiger charge is -2.34. The van der Waals surface area contributed by atoms with Gasteiger partial charge < -0.3 is 18.6 Å². The van der Waals surface area contributed by atoms with Gasteiger partial charge in [0, 0.05) is 66.4 Å². The van der Waals surface area contributed by atoms with E-state index in [4.69, 9.17) is 0 Å². The van der Waals surface area contributed by atoms with Crippen molar-refractivity contribution in [3.05, 3.63) is 449 Å². The molecule has 20 rings (SSSR count). The van der Waals surface area contributed by atoms with Crippen molar-refractivity contribution in [1.29, 1.82) is 0 Å². The average molecular weight is 1410 g/mol. The molecular weight excluding hydrogens is 1340 g/mol. The molecule has 0 bridgehead atoms. The smallest absolute Gasteiger partial charge is 0.179 e. The maximum atomic E-state index is 2.39. The molecule has 0 N–H and O–H groups in total. The molecule has 6 heteroatoms. The Balaban J connectivity index is 0.000000149. The Bertz CT molecular complexity index is 5650. The van der Waals surface area contributed by atoms with E-state index < -0.39 is 16.1 Å². The predicted molar refractivity (Wildman–Crippen MR) is 463 cm³/mol. The van der Waals surface area contributed by atoms with Crippen LogP contribution in [0.2, 0.25) is 0 Å². The SMILES string of the molecule is c1ccc([Si](c2ccccc2)(c2ccccc2)c2ccc(-c3ccc([Si](c4ccccc4)(c4ccccc4)c4ccccc4)cc3)cc2)cc1.c1ccc2c(c1)c1ccccc1n2-c1ccc(N(c2ccc(-n3c4ccccc4c4ccccc43)cc2)c2ccc(-n3c4ccccc4c4ccccc43)cc2)cc1. The second kappa shape index (κ2) is 28.1. The van der Waals surface area contributed by atoms with Crippen LogP contribution in [0.15, 0.2) is 449 Å². The maximum absolute atomic E-state index is 2.56. The quantitative estimate of drug-likeness (QED) is 0.0739. The van der Waals surface area contributed by atoms with Crippen LogP contribution in [0.1, 0.15) is 0 Å². The lowest BCUT2D eigenvalue weighted by molar-refractivity contribution is 1.16. The van der Waals surface area contributed by atoms with Crippen LogP contribution in [0.3, 0.4) is 0 Å². The lowest BCUT2D eigenvalue weighted by Crippen LogP contribution is -2.74. The number of fused-ring (bicyclic) bond motifs is 9. The van der Waals surface area contributed by atoms with Crippen LogP contribution in [0.4, 0.5) is 17.1 Å². The van der Waals surface area contributed by atoms with Crippen molar-refractivity contribution in [3.63, 3.8) is 0 Å². The third-order valence-electron chi connectivity index (χ3n) is 22.0. The summed E-state index contributed by atoms with van der Waals surface area (Å²) in [5.41, 5.74) is 16.3. The van der Waals surface area contributed by atoms with E-state index in [2.05, 4.69) is 468 Å². The van der Waals surface area contributed by atoms with Gasteiger partial charge in [-0.1, -0.05) is 340 Å². The van der Waals surface area contributed by atoms with Gasteiger partial charge in [-0.05, 0) is 162 Å². The molecule has 17 aromatic carbocycles. The van der Waals surface area contributed by atoms with Crippen LogP contribution in [-0.2, 0) is 0 Å². The molecule has 0 spiro atoms. The third kappa shape index (κ3) is 11.2. The van der Waals surface area contributed by atoms with Gasteiger partial charge in [0.15, 0.2) is 16.1 Å².